The fourth-order valence-electron chi connectivity index (χ4n) is 2.14. The number of nitrogens with zero attached hydrogens (tertiary/aromatic N) is 1. The van der Waals surface area contributed by atoms with Crippen molar-refractivity contribution in [2.24, 2.45) is 5.84 Å². The zero-order valence-corrected chi connectivity index (χ0v) is 11.6. The van der Waals surface area contributed by atoms with Gasteiger partial charge in [-0.05, 0) is 5.56 Å². The lowest BCUT2D eigenvalue weighted by Crippen LogP contribution is -2.49. The van der Waals surface area contributed by atoms with E-state index in [2.05, 4.69) is 48.5 Å². The van der Waals surface area contributed by atoms with Gasteiger partial charge >= 0.3 is 0 Å². The molecule has 96 valence electrons. The molecule has 0 aliphatic heterocycles. The summed E-state index contributed by atoms with van der Waals surface area (Å²) in [5, 5.41) is 0. The molecule has 0 saturated heterocycles. The summed E-state index contributed by atoms with van der Waals surface area (Å²) in [5.74, 6) is 5.75. The normalized spacial score (nSPS) is 13.5. The predicted molar refractivity (Wildman–Crippen MR) is 76.4 cm³/mol. The van der Waals surface area contributed by atoms with E-state index in [4.69, 9.17) is 5.84 Å². The first-order chi connectivity index (χ1) is 8.64. The van der Waals surface area contributed by atoms with E-state index in [9.17, 15) is 0 Å². The Balaban J connectivity index is 2.21. The number of hydrogen-bond acceptors (Lipinski definition) is 4. The maximum atomic E-state index is 5.75. The molecule has 0 amide bonds. The van der Waals surface area contributed by atoms with Crippen LogP contribution in [0.25, 0.3) is 0 Å². The van der Waals surface area contributed by atoms with Gasteiger partial charge < -0.3 is 0 Å². The van der Waals surface area contributed by atoms with Crippen molar-refractivity contribution in [1.29, 1.82) is 0 Å². The SMILES string of the molecule is CC(C)(c1ccccc1)C(Cc1cncs1)NN. The topological polar surface area (TPSA) is 50.9 Å². The molecule has 1 aromatic carbocycles. The number of nitrogens with two attached hydrogens (primary N) is 1. The maximum Gasteiger partial charge on any atom is 0.0794 e. The minimum Gasteiger partial charge on any atom is -0.271 e. The second kappa shape index (κ2) is 5.61. The molecule has 0 fully saturated rings. The molecule has 0 radical (unpaired) electrons. The third kappa shape index (κ3) is 2.77. The highest BCUT2D eigenvalue weighted by Crippen LogP contribution is 2.29. The lowest BCUT2D eigenvalue weighted by molar-refractivity contribution is 0.343. The van der Waals surface area contributed by atoms with Crippen LogP contribution in [-0.2, 0) is 11.8 Å². The molecule has 0 aliphatic rings. The molecular weight excluding hydrogens is 242 g/mol. The Bertz CT molecular complexity index is 465. The van der Waals surface area contributed by atoms with Crippen LogP contribution in [0.15, 0.2) is 42.0 Å². The van der Waals surface area contributed by atoms with Gasteiger partial charge in [-0.2, -0.15) is 0 Å². The summed E-state index contributed by atoms with van der Waals surface area (Å²) in [6, 6.07) is 10.6. The highest BCUT2D eigenvalue weighted by atomic mass is 32.1. The first-order valence-electron chi connectivity index (χ1n) is 6.03. The number of aromatic nitrogens is 1. The van der Waals surface area contributed by atoms with Gasteiger partial charge in [-0.25, -0.2) is 0 Å². The molecule has 3 N–H and O–H groups in total. The molecule has 0 bridgehead atoms. The second-order valence-corrected chi connectivity index (χ2v) is 5.95. The summed E-state index contributed by atoms with van der Waals surface area (Å²) in [7, 11) is 0. The molecule has 2 rings (SSSR count). The number of nitrogens with one attached hydrogen (secondary N) is 1. The van der Waals surface area contributed by atoms with Crippen molar-refractivity contribution in [1.82, 2.24) is 10.4 Å². The first-order valence-corrected chi connectivity index (χ1v) is 6.91. The van der Waals surface area contributed by atoms with Crippen LogP contribution in [0.4, 0.5) is 0 Å². The van der Waals surface area contributed by atoms with Crippen molar-refractivity contribution in [2.75, 3.05) is 0 Å². The van der Waals surface area contributed by atoms with Gasteiger partial charge in [0.25, 0.3) is 0 Å². The van der Waals surface area contributed by atoms with Gasteiger partial charge in [0.15, 0.2) is 0 Å². The van der Waals surface area contributed by atoms with Crippen molar-refractivity contribution in [2.45, 2.75) is 31.7 Å². The Hall–Kier alpha value is -1.23. The Morgan fingerprint density at radius 1 is 1.33 bits per heavy atom. The van der Waals surface area contributed by atoms with Crippen LogP contribution in [0.2, 0.25) is 0 Å². The molecule has 1 heterocycles. The molecule has 0 spiro atoms. The van der Waals surface area contributed by atoms with Gasteiger partial charge in [0.05, 0.1) is 5.51 Å². The average Bonchev–Trinajstić information content (AvgIpc) is 2.89. The van der Waals surface area contributed by atoms with E-state index in [0.717, 1.165) is 6.42 Å². The fraction of sp³-hybridized carbons (Fsp3) is 0.357. The highest BCUT2D eigenvalue weighted by molar-refractivity contribution is 7.09. The molecule has 1 atom stereocenters. The summed E-state index contributed by atoms with van der Waals surface area (Å²) in [6.07, 6.45) is 2.80. The maximum absolute atomic E-state index is 5.75. The zero-order valence-electron chi connectivity index (χ0n) is 10.8. The van der Waals surface area contributed by atoms with Crippen LogP contribution < -0.4 is 11.3 Å². The predicted octanol–water partition coefficient (Wildman–Crippen LogP) is 2.50. The molecule has 1 unspecified atom stereocenters. The van der Waals surface area contributed by atoms with Gasteiger partial charge in [-0.1, -0.05) is 44.2 Å². The third-order valence-corrected chi connectivity index (χ3v) is 4.28. The standard InChI is InChI=1S/C14H19N3S/c1-14(2,11-6-4-3-5-7-11)13(17-15)8-12-9-16-10-18-12/h3-7,9-10,13,17H,8,15H2,1-2H3. The minimum absolute atomic E-state index is 0.0278. The van der Waals surface area contributed by atoms with Crippen LogP contribution in [-0.4, -0.2) is 11.0 Å². The Morgan fingerprint density at radius 3 is 2.61 bits per heavy atom. The van der Waals surface area contributed by atoms with Crippen molar-refractivity contribution < 1.29 is 0 Å². The summed E-state index contributed by atoms with van der Waals surface area (Å²) in [5.41, 5.74) is 6.08. The van der Waals surface area contributed by atoms with E-state index in [-0.39, 0.29) is 11.5 Å². The van der Waals surface area contributed by atoms with Crippen molar-refractivity contribution >= 4 is 11.3 Å². The van der Waals surface area contributed by atoms with E-state index < -0.39 is 0 Å². The average molecular weight is 261 g/mol. The molecule has 0 saturated carbocycles. The summed E-state index contributed by atoms with van der Waals surface area (Å²) < 4.78 is 0. The smallest absolute Gasteiger partial charge is 0.0794 e. The number of hydrazine groups is 1. The van der Waals surface area contributed by atoms with Crippen LogP contribution in [0.1, 0.15) is 24.3 Å². The van der Waals surface area contributed by atoms with E-state index in [1.165, 1.54) is 10.4 Å². The van der Waals surface area contributed by atoms with Crippen molar-refractivity contribution in [3.05, 3.63) is 52.5 Å². The molecule has 2 aromatic rings. The van der Waals surface area contributed by atoms with Crippen LogP contribution >= 0.6 is 11.3 Å². The summed E-state index contributed by atoms with van der Waals surface area (Å²) >= 11 is 1.67. The highest BCUT2D eigenvalue weighted by Gasteiger charge is 2.30. The summed E-state index contributed by atoms with van der Waals surface area (Å²) in [6.45, 7) is 4.43. The number of thiazole rings is 1. The van der Waals surface area contributed by atoms with E-state index in [1.54, 1.807) is 11.3 Å². The van der Waals surface area contributed by atoms with Crippen molar-refractivity contribution in [3.63, 3.8) is 0 Å². The van der Waals surface area contributed by atoms with Gasteiger partial charge in [0.1, 0.15) is 0 Å². The van der Waals surface area contributed by atoms with Crippen LogP contribution in [0.3, 0.4) is 0 Å². The Labute approximate surface area is 112 Å². The lowest BCUT2D eigenvalue weighted by Gasteiger charge is -2.34. The Kier molecular flexibility index (Phi) is 4.11. The van der Waals surface area contributed by atoms with Crippen LogP contribution in [0, 0.1) is 0 Å². The second-order valence-electron chi connectivity index (χ2n) is 4.98. The van der Waals surface area contributed by atoms with Gasteiger partial charge in [-0.15, -0.1) is 11.3 Å². The van der Waals surface area contributed by atoms with E-state index in [1.807, 2.05) is 17.8 Å². The van der Waals surface area contributed by atoms with Gasteiger partial charge in [0, 0.05) is 29.0 Å². The zero-order chi connectivity index (χ0) is 13.0. The van der Waals surface area contributed by atoms with Crippen LogP contribution in [0.5, 0.6) is 0 Å². The first kappa shape index (κ1) is 13.2. The molecule has 0 aliphatic carbocycles. The third-order valence-electron chi connectivity index (χ3n) is 3.48. The number of benzene rings is 1. The monoisotopic (exact) mass is 261 g/mol. The molecule has 18 heavy (non-hydrogen) atoms. The number of hydrogen-bond donors (Lipinski definition) is 2. The van der Waals surface area contributed by atoms with Gasteiger partial charge in [-0.3, -0.25) is 16.3 Å². The number of rotatable bonds is 5. The molecular formula is C14H19N3S. The van der Waals surface area contributed by atoms with E-state index in [0.29, 0.717) is 0 Å². The van der Waals surface area contributed by atoms with Gasteiger partial charge in [0.2, 0.25) is 0 Å². The molecule has 1 aromatic heterocycles. The summed E-state index contributed by atoms with van der Waals surface area (Å²) in [4.78, 5) is 5.37. The van der Waals surface area contributed by atoms with Crippen molar-refractivity contribution in [3.8, 4) is 0 Å². The molecule has 4 heteroatoms. The van der Waals surface area contributed by atoms with E-state index >= 15 is 0 Å². The minimum atomic E-state index is -0.0278. The fourth-order valence-corrected chi connectivity index (χ4v) is 2.78. The Morgan fingerprint density at radius 2 is 2.06 bits per heavy atom. The quantitative estimate of drug-likeness (QED) is 0.642. The molecule has 3 nitrogen and oxygen atoms in total. The lowest BCUT2D eigenvalue weighted by atomic mass is 9.76. The largest absolute Gasteiger partial charge is 0.271 e.